The van der Waals surface area contributed by atoms with Crippen LogP contribution >= 0.6 is 47.2 Å². The molecule has 0 heterocycles. The van der Waals surface area contributed by atoms with E-state index in [0.717, 1.165) is 5.56 Å². The molecule has 1 saturated carbocycles. The number of rotatable bonds is 2. The molecule has 84 valence electrons. The molecule has 1 aromatic rings. The first kappa shape index (κ1) is 13.4. The van der Waals surface area contributed by atoms with Crippen molar-refractivity contribution in [2.75, 3.05) is 0 Å². The van der Waals surface area contributed by atoms with E-state index in [1.54, 1.807) is 12.1 Å². The predicted molar refractivity (Wildman–Crippen MR) is 68.4 cm³/mol. The standard InChI is InChI=1S/C10H10Cl3N.ClH/c11-6-3-7(9(13)8(12)4-6)10(14)5-1-2-5;/h3-5,10H,1-2,14H2;1H/t10-;/m0./s1. The molecular weight excluding hydrogens is 276 g/mol. The summed E-state index contributed by atoms with van der Waals surface area (Å²) in [6.45, 7) is 0. The van der Waals surface area contributed by atoms with E-state index in [2.05, 4.69) is 0 Å². The van der Waals surface area contributed by atoms with E-state index in [9.17, 15) is 0 Å². The van der Waals surface area contributed by atoms with E-state index in [1.165, 1.54) is 12.8 Å². The second kappa shape index (κ2) is 5.11. The quantitative estimate of drug-likeness (QED) is 0.797. The molecule has 1 aromatic carbocycles. The molecule has 0 aromatic heterocycles. The van der Waals surface area contributed by atoms with Gasteiger partial charge in [-0.15, -0.1) is 12.4 Å². The third kappa shape index (κ3) is 2.92. The monoisotopic (exact) mass is 285 g/mol. The molecule has 2 N–H and O–H groups in total. The first-order chi connectivity index (χ1) is 6.59. The van der Waals surface area contributed by atoms with Crippen molar-refractivity contribution in [2.24, 2.45) is 11.7 Å². The van der Waals surface area contributed by atoms with Gasteiger partial charge in [-0.05, 0) is 36.5 Å². The minimum atomic E-state index is -0.0290. The molecule has 1 fully saturated rings. The summed E-state index contributed by atoms with van der Waals surface area (Å²) in [4.78, 5) is 0. The maximum Gasteiger partial charge on any atom is 0.0641 e. The van der Waals surface area contributed by atoms with Crippen molar-refractivity contribution in [3.63, 3.8) is 0 Å². The molecule has 0 spiro atoms. The lowest BCUT2D eigenvalue weighted by Gasteiger charge is -2.13. The Morgan fingerprint density at radius 3 is 2.33 bits per heavy atom. The average molecular weight is 287 g/mol. The first-order valence-corrected chi connectivity index (χ1v) is 5.63. The molecule has 1 atom stereocenters. The van der Waals surface area contributed by atoms with E-state index >= 15 is 0 Å². The zero-order valence-corrected chi connectivity index (χ0v) is 10.9. The van der Waals surface area contributed by atoms with Gasteiger partial charge >= 0.3 is 0 Å². The summed E-state index contributed by atoms with van der Waals surface area (Å²) < 4.78 is 0. The lowest BCUT2D eigenvalue weighted by atomic mass is 10.0. The van der Waals surface area contributed by atoms with Crippen molar-refractivity contribution in [3.8, 4) is 0 Å². The van der Waals surface area contributed by atoms with Crippen LogP contribution in [0.4, 0.5) is 0 Å². The number of halogens is 4. The van der Waals surface area contributed by atoms with Crippen molar-refractivity contribution < 1.29 is 0 Å². The Bertz CT molecular complexity index is 363. The molecule has 1 aliphatic rings. The largest absolute Gasteiger partial charge is 0.324 e. The summed E-state index contributed by atoms with van der Waals surface area (Å²) in [6, 6.07) is 3.41. The van der Waals surface area contributed by atoms with E-state index < -0.39 is 0 Å². The van der Waals surface area contributed by atoms with Crippen LogP contribution in [-0.2, 0) is 0 Å². The summed E-state index contributed by atoms with van der Waals surface area (Å²) >= 11 is 17.9. The molecule has 1 nitrogen and oxygen atoms in total. The molecule has 0 unspecified atom stereocenters. The SMILES string of the molecule is Cl.N[C@H](c1cc(Cl)cc(Cl)c1Cl)C1CC1. The highest BCUT2D eigenvalue weighted by molar-refractivity contribution is 6.43. The van der Waals surface area contributed by atoms with Crippen molar-refractivity contribution in [1.82, 2.24) is 0 Å². The summed E-state index contributed by atoms with van der Waals surface area (Å²) in [7, 11) is 0. The maximum absolute atomic E-state index is 6.06. The fraction of sp³-hybridized carbons (Fsp3) is 0.400. The zero-order chi connectivity index (χ0) is 10.3. The Morgan fingerprint density at radius 2 is 1.80 bits per heavy atom. The van der Waals surface area contributed by atoms with Gasteiger partial charge < -0.3 is 5.73 Å². The van der Waals surface area contributed by atoms with Crippen molar-refractivity contribution >= 4 is 47.2 Å². The molecule has 0 radical (unpaired) electrons. The van der Waals surface area contributed by atoms with Crippen LogP contribution < -0.4 is 5.73 Å². The second-order valence-electron chi connectivity index (χ2n) is 3.65. The number of nitrogens with two attached hydrogens (primary N) is 1. The molecule has 5 heteroatoms. The lowest BCUT2D eigenvalue weighted by Crippen LogP contribution is -2.13. The molecule has 0 saturated heterocycles. The van der Waals surface area contributed by atoms with Crippen LogP contribution in [0.1, 0.15) is 24.4 Å². The summed E-state index contributed by atoms with van der Waals surface area (Å²) in [5.41, 5.74) is 6.90. The fourth-order valence-corrected chi connectivity index (χ4v) is 2.27. The Balaban J connectivity index is 0.00000112. The van der Waals surface area contributed by atoms with Crippen LogP contribution in [0.25, 0.3) is 0 Å². The lowest BCUT2D eigenvalue weighted by molar-refractivity contribution is 0.634. The van der Waals surface area contributed by atoms with Gasteiger partial charge in [0.25, 0.3) is 0 Å². The predicted octanol–water partition coefficient (Wildman–Crippen LogP) is 4.48. The van der Waals surface area contributed by atoms with E-state index in [-0.39, 0.29) is 18.4 Å². The Labute approximate surface area is 110 Å². The highest BCUT2D eigenvalue weighted by Crippen LogP contribution is 2.43. The van der Waals surface area contributed by atoms with Crippen molar-refractivity contribution in [3.05, 3.63) is 32.8 Å². The van der Waals surface area contributed by atoms with Crippen LogP contribution in [0, 0.1) is 5.92 Å². The van der Waals surface area contributed by atoms with Crippen LogP contribution in [0.15, 0.2) is 12.1 Å². The number of benzene rings is 1. The van der Waals surface area contributed by atoms with Gasteiger partial charge in [-0.1, -0.05) is 34.8 Å². The van der Waals surface area contributed by atoms with E-state index in [4.69, 9.17) is 40.5 Å². The number of hydrogen-bond acceptors (Lipinski definition) is 1. The summed E-state index contributed by atoms with van der Waals surface area (Å²) in [5, 5.41) is 1.60. The van der Waals surface area contributed by atoms with E-state index in [1.807, 2.05) is 0 Å². The van der Waals surface area contributed by atoms with Gasteiger partial charge in [0.1, 0.15) is 0 Å². The van der Waals surface area contributed by atoms with Gasteiger partial charge in [-0.25, -0.2) is 0 Å². The molecule has 0 aliphatic heterocycles. The Kier molecular flexibility index (Phi) is 4.57. The van der Waals surface area contributed by atoms with Crippen LogP contribution in [0.3, 0.4) is 0 Å². The van der Waals surface area contributed by atoms with Gasteiger partial charge in [0, 0.05) is 11.1 Å². The molecule has 0 amide bonds. The van der Waals surface area contributed by atoms with Crippen molar-refractivity contribution in [1.29, 1.82) is 0 Å². The molecular formula is C10H11Cl4N. The van der Waals surface area contributed by atoms with Crippen LogP contribution in [-0.4, -0.2) is 0 Å². The van der Waals surface area contributed by atoms with Crippen LogP contribution in [0.5, 0.6) is 0 Å². The van der Waals surface area contributed by atoms with Gasteiger partial charge in [-0.2, -0.15) is 0 Å². The van der Waals surface area contributed by atoms with Crippen LogP contribution in [0.2, 0.25) is 15.1 Å². The first-order valence-electron chi connectivity index (χ1n) is 4.49. The summed E-state index contributed by atoms with van der Waals surface area (Å²) in [6.07, 6.45) is 2.34. The smallest absolute Gasteiger partial charge is 0.0641 e. The Morgan fingerprint density at radius 1 is 1.20 bits per heavy atom. The minimum Gasteiger partial charge on any atom is -0.324 e. The average Bonchev–Trinajstić information content (AvgIpc) is 2.93. The zero-order valence-electron chi connectivity index (χ0n) is 7.84. The second-order valence-corrected chi connectivity index (χ2v) is 4.88. The summed E-state index contributed by atoms with van der Waals surface area (Å²) in [5.74, 6) is 0.544. The molecule has 0 bridgehead atoms. The highest BCUT2D eigenvalue weighted by atomic mass is 35.5. The third-order valence-electron chi connectivity index (χ3n) is 2.51. The fourth-order valence-electron chi connectivity index (χ4n) is 1.53. The maximum atomic E-state index is 6.06. The Hall–Kier alpha value is 0.340. The highest BCUT2D eigenvalue weighted by Gasteiger charge is 2.31. The van der Waals surface area contributed by atoms with Gasteiger partial charge in [-0.3, -0.25) is 0 Å². The molecule has 15 heavy (non-hydrogen) atoms. The molecule has 2 rings (SSSR count). The van der Waals surface area contributed by atoms with Gasteiger partial charge in [0.05, 0.1) is 10.0 Å². The molecule has 1 aliphatic carbocycles. The normalized spacial score (nSPS) is 17.1. The van der Waals surface area contributed by atoms with E-state index in [0.29, 0.717) is 21.0 Å². The van der Waals surface area contributed by atoms with Crippen molar-refractivity contribution in [2.45, 2.75) is 18.9 Å². The number of hydrogen-bond donors (Lipinski definition) is 1. The van der Waals surface area contributed by atoms with Gasteiger partial charge in [0.15, 0.2) is 0 Å². The van der Waals surface area contributed by atoms with Gasteiger partial charge in [0.2, 0.25) is 0 Å². The minimum absolute atomic E-state index is 0. The third-order valence-corrected chi connectivity index (χ3v) is 3.54. The topological polar surface area (TPSA) is 26.0 Å².